The number of fused-ring (bicyclic) bond motifs is 6. The van der Waals surface area contributed by atoms with Gasteiger partial charge < -0.3 is 24.1 Å². The Hall–Kier alpha value is -0.200. The minimum atomic E-state index is -0.359. The van der Waals surface area contributed by atoms with Crippen LogP contribution in [0.5, 0.6) is 0 Å². The molecule has 0 bridgehead atoms. The van der Waals surface area contributed by atoms with Crippen LogP contribution < -0.4 is 0 Å². The minimum Gasteiger partial charge on any atom is -0.396 e. The van der Waals surface area contributed by atoms with Gasteiger partial charge in [-0.2, -0.15) is 0 Å². The van der Waals surface area contributed by atoms with Crippen LogP contribution >= 0.6 is 0 Å². The largest absolute Gasteiger partial charge is 0.396 e. The third kappa shape index (κ3) is 2.46. The van der Waals surface area contributed by atoms with Crippen LogP contribution in [0.25, 0.3) is 0 Å². The van der Waals surface area contributed by atoms with Gasteiger partial charge in [0.1, 0.15) is 0 Å². The van der Waals surface area contributed by atoms with Gasteiger partial charge in [0.2, 0.25) is 0 Å². The molecule has 29 heavy (non-hydrogen) atoms. The highest BCUT2D eigenvalue weighted by Gasteiger charge is 2.69. The molecule has 0 aromatic rings. The maximum absolute atomic E-state index is 10.5. The van der Waals surface area contributed by atoms with Gasteiger partial charge in [0.25, 0.3) is 0 Å². The molecule has 1 N–H and O–H groups in total. The van der Waals surface area contributed by atoms with E-state index in [4.69, 9.17) is 18.9 Å². The topological polar surface area (TPSA) is 57.2 Å². The number of hydrogen-bond acceptors (Lipinski definition) is 5. The number of ether oxygens (including phenoxy) is 4. The summed E-state index contributed by atoms with van der Waals surface area (Å²) >= 11 is 0. The molecule has 6 aliphatic rings. The smallest absolute Gasteiger partial charge is 0.174 e. The Balaban J connectivity index is 1.33. The van der Waals surface area contributed by atoms with Crippen LogP contribution in [0.4, 0.5) is 0 Å². The summed E-state index contributed by atoms with van der Waals surface area (Å²) in [5.41, 5.74) is 0.431. The SMILES string of the molecule is C[C@]12CCC3(CC1C[C@@H](CO)[C@@H]1[C@@H]2CC[C@@]2(C)[C@H]1CCC21OCCO1)OCCO3. The van der Waals surface area contributed by atoms with Crippen LogP contribution in [0.3, 0.4) is 0 Å². The van der Waals surface area contributed by atoms with Gasteiger partial charge in [0.15, 0.2) is 11.6 Å². The molecule has 5 heteroatoms. The molecule has 0 amide bonds. The number of rotatable bonds is 1. The average Bonchev–Trinajstić information content (AvgIpc) is 3.44. The van der Waals surface area contributed by atoms with Crippen LogP contribution in [-0.2, 0) is 18.9 Å². The Morgan fingerprint density at radius 2 is 1.52 bits per heavy atom. The van der Waals surface area contributed by atoms with Crippen LogP contribution in [0.1, 0.15) is 65.2 Å². The molecule has 5 nitrogen and oxygen atoms in total. The molecule has 2 aliphatic heterocycles. The Kier molecular flexibility index (Phi) is 4.31. The van der Waals surface area contributed by atoms with Crippen molar-refractivity contribution in [3.63, 3.8) is 0 Å². The van der Waals surface area contributed by atoms with Gasteiger partial charge in [-0.1, -0.05) is 13.8 Å². The molecule has 7 atom stereocenters. The zero-order valence-electron chi connectivity index (χ0n) is 18.2. The van der Waals surface area contributed by atoms with E-state index in [1.54, 1.807) is 0 Å². The fourth-order valence-electron chi connectivity index (χ4n) is 9.20. The van der Waals surface area contributed by atoms with Crippen molar-refractivity contribution in [2.45, 2.75) is 76.8 Å². The summed E-state index contributed by atoms with van der Waals surface area (Å²) in [5, 5.41) is 10.5. The second kappa shape index (κ2) is 6.41. The van der Waals surface area contributed by atoms with E-state index in [0.717, 1.165) is 52.1 Å². The Bertz CT molecular complexity index is 654. The normalized spacial score (nSPS) is 52.4. The predicted octanol–water partition coefficient (Wildman–Crippen LogP) is 3.73. The quantitative estimate of drug-likeness (QED) is 0.719. The summed E-state index contributed by atoms with van der Waals surface area (Å²) < 4.78 is 24.8. The third-order valence-electron chi connectivity index (χ3n) is 10.7. The number of aliphatic hydroxyl groups is 1. The molecule has 2 saturated heterocycles. The maximum atomic E-state index is 10.5. The molecule has 2 spiro atoms. The predicted molar refractivity (Wildman–Crippen MR) is 107 cm³/mol. The van der Waals surface area contributed by atoms with E-state index in [0.29, 0.717) is 41.6 Å². The summed E-state index contributed by atoms with van der Waals surface area (Å²) in [4.78, 5) is 0. The van der Waals surface area contributed by atoms with Crippen molar-refractivity contribution in [2.24, 2.45) is 40.4 Å². The van der Waals surface area contributed by atoms with Gasteiger partial charge >= 0.3 is 0 Å². The van der Waals surface area contributed by atoms with Crippen LogP contribution in [0.15, 0.2) is 0 Å². The van der Waals surface area contributed by atoms with E-state index in [1.807, 2.05) is 0 Å². The number of hydrogen-bond donors (Lipinski definition) is 1. The van der Waals surface area contributed by atoms with Gasteiger partial charge in [-0.15, -0.1) is 0 Å². The number of aliphatic hydroxyl groups excluding tert-OH is 1. The van der Waals surface area contributed by atoms with Gasteiger partial charge in [0.05, 0.1) is 26.4 Å². The highest BCUT2D eigenvalue weighted by atomic mass is 16.7. The van der Waals surface area contributed by atoms with Crippen molar-refractivity contribution in [3.8, 4) is 0 Å². The van der Waals surface area contributed by atoms with Crippen molar-refractivity contribution in [1.29, 1.82) is 0 Å². The van der Waals surface area contributed by atoms with E-state index in [9.17, 15) is 5.11 Å². The zero-order valence-corrected chi connectivity index (χ0v) is 18.2. The fourth-order valence-corrected chi connectivity index (χ4v) is 9.20. The van der Waals surface area contributed by atoms with Crippen molar-refractivity contribution >= 4 is 0 Å². The first-order valence-corrected chi connectivity index (χ1v) is 12.1. The second-order valence-electron chi connectivity index (χ2n) is 11.4. The third-order valence-corrected chi connectivity index (χ3v) is 10.7. The molecule has 6 rings (SSSR count). The van der Waals surface area contributed by atoms with Crippen molar-refractivity contribution in [2.75, 3.05) is 33.0 Å². The van der Waals surface area contributed by atoms with Crippen LogP contribution in [-0.4, -0.2) is 49.7 Å². The Labute approximate surface area is 174 Å². The van der Waals surface area contributed by atoms with Crippen molar-refractivity contribution in [3.05, 3.63) is 0 Å². The van der Waals surface area contributed by atoms with Crippen LogP contribution in [0, 0.1) is 40.4 Å². The van der Waals surface area contributed by atoms with E-state index >= 15 is 0 Å². The average molecular weight is 407 g/mol. The second-order valence-corrected chi connectivity index (χ2v) is 11.4. The molecular weight excluding hydrogens is 368 g/mol. The molecule has 2 heterocycles. The molecule has 1 unspecified atom stereocenters. The maximum Gasteiger partial charge on any atom is 0.174 e. The van der Waals surface area contributed by atoms with Gasteiger partial charge in [-0.3, -0.25) is 0 Å². The summed E-state index contributed by atoms with van der Waals surface area (Å²) in [6.45, 7) is 8.25. The van der Waals surface area contributed by atoms with E-state index in [1.165, 1.54) is 25.7 Å². The lowest BCUT2D eigenvalue weighted by Crippen LogP contribution is -2.61. The molecular formula is C24H38O5. The molecule has 4 saturated carbocycles. The molecule has 164 valence electrons. The molecule has 0 radical (unpaired) electrons. The fraction of sp³-hybridized carbons (Fsp3) is 1.00. The first-order chi connectivity index (χ1) is 14.0. The summed E-state index contributed by atoms with van der Waals surface area (Å²) in [7, 11) is 0. The lowest BCUT2D eigenvalue weighted by Gasteiger charge is -2.64. The van der Waals surface area contributed by atoms with Crippen molar-refractivity contribution < 1.29 is 24.1 Å². The molecule has 4 aliphatic carbocycles. The summed E-state index contributed by atoms with van der Waals surface area (Å²) in [6.07, 6.45) is 9.00. The minimum absolute atomic E-state index is 0.0921. The van der Waals surface area contributed by atoms with Gasteiger partial charge in [-0.05, 0) is 67.1 Å². The van der Waals surface area contributed by atoms with Gasteiger partial charge in [-0.25, -0.2) is 0 Å². The van der Waals surface area contributed by atoms with Crippen LogP contribution in [0.2, 0.25) is 0 Å². The lowest BCUT2D eigenvalue weighted by atomic mass is 9.42. The monoisotopic (exact) mass is 406 g/mol. The first kappa shape index (κ1) is 19.5. The van der Waals surface area contributed by atoms with Crippen molar-refractivity contribution in [1.82, 2.24) is 0 Å². The summed E-state index contributed by atoms with van der Waals surface area (Å²) in [5.74, 6) is 2.16. The summed E-state index contributed by atoms with van der Waals surface area (Å²) in [6, 6.07) is 0. The first-order valence-electron chi connectivity index (χ1n) is 12.1. The van der Waals surface area contributed by atoms with Gasteiger partial charge in [0, 0.05) is 31.3 Å². The van der Waals surface area contributed by atoms with E-state index < -0.39 is 0 Å². The molecule has 0 aromatic carbocycles. The lowest BCUT2D eigenvalue weighted by molar-refractivity contribution is -0.265. The Morgan fingerprint density at radius 1 is 0.828 bits per heavy atom. The highest BCUT2D eigenvalue weighted by Crippen LogP contribution is 2.71. The standard InChI is InChI=1S/C24H38O5/c1-21-7-8-23(26-9-10-27-23)14-17(21)13-16(15-25)20-18(21)3-5-22(2)19(20)4-6-24(22)28-11-12-29-24/h16-20,25H,3-15H2,1-2H3/t16-,17?,18-,19-,20+,21-,22-/m0/s1. The molecule has 6 fully saturated rings. The van der Waals surface area contributed by atoms with E-state index in [2.05, 4.69) is 13.8 Å². The Morgan fingerprint density at radius 3 is 2.24 bits per heavy atom. The molecule has 0 aromatic heterocycles. The zero-order chi connectivity index (χ0) is 19.9. The highest BCUT2D eigenvalue weighted by molar-refractivity contribution is 5.14. The van der Waals surface area contributed by atoms with E-state index in [-0.39, 0.29) is 17.0 Å².